The van der Waals surface area contributed by atoms with Crippen LogP contribution < -0.4 is 11.5 Å². The highest BCUT2D eigenvalue weighted by Gasteiger charge is 2.15. The minimum atomic E-state index is -0.622. The molecule has 0 bridgehead atoms. The van der Waals surface area contributed by atoms with Crippen molar-refractivity contribution in [3.63, 3.8) is 0 Å². The highest BCUT2D eigenvalue weighted by Crippen LogP contribution is 2.21. The molecule has 14 heavy (non-hydrogen) atoms. The van der Waals surface area contributed by atoms with Crippen LogP contribution in [0.3, 0.4) is 0 Å². The van der Waals surface area contributed by atoms with Crippen molar-refractivity contribution in [1.82, 2.24) is 0 Å². The fraction of sp³-hybridized carbons (Fsp3) is 0.455. The van der Waals surface area contributed by atoms with Gasteiger partial charge in [-0.2, -0.15) is 0 Å². The van der Waals surface area contributed by atoms with Gasteiger partial charge in [0.25, 0.3) is 0 Å². The van der Waals surface area contributed by atoms with E-state index in [0.29, 0.717) is 5.69 Å². The third kappa shape index (κ3) is 2.25. The van der Waals surface area contributed by atoms with E-state index in [1.165, 1.54) is 0 Å². The predicted molar refractivity (Wildman–Crippen MR) is 58.8 cm³/mol. The normalized spacial score (nSPS) is 15.1. The number of aryl methyl sites for hydroxylation is 1. The molecule has 2 atom stereocenters. The number of hydrogen-bond donors (Lipinski definition) is 3. The SMILES string of the molecule is CC[C@H](N)[C@@H](O)c1ccc(C)c(N)c1. The largest absolute Gasteiger partial charge is 0.399 e. The molecule has 0 aliphatic heterocycles. The summed E-state index contributed by atoms with van der Waals surface area (Å²) < 4.78 is 0. The molecule has 1 rings (SSSR count). The van der Waals surface area contributed by atoms with Crippen LogP contribution >= 0.6 is 0 Å². The van der Waals surface area contributed by atoms with Crippen LogP contribution in [0.15, 0.2) is 18.2 Å². The Balaban J connectivity index is 2.91. The first-order valence-electron chi connectivity index (χ1n) is 4.86. The molecule has 0 spiro atoms. The van der Waals surface area contributed by atoms with E-state index in [-0.39, 0.29) is 6.04 Å². The number of aliphatic hydroxyl groups excluding tert-OH is 1. The molecule has 0 saturated carbocycles. The van der Waals surface area contributed by atoms with Crippen molar-refractivity contribution >= 4 is 5.69 Å². The lowest BCUT2D eigenvalue weighted by atomic mass is 9.99. The average Bonchev–Trinajstić information content (AvgIpc) is 2.20. The Kier molecular flexibility index (Phi) is 3.49. The van der Waals surface area contributed by atoms with E-state index in [4.69, 9.17) is 11.5 Å². The standard InChI is InChI=1S/C11H18N2O/c1-3-9(12)11(14)8-5-4-7(2)10(13)6-8/h4-6,9,11,14H,3,12-13H2,1-2H3/t9-,11-/m0/s1. The zero-order chi connectivity index (χ0) is 10.7. The van der Waals surface area contributed by atoms with Gasteiger partial charge in [0.05, 0.1) is 6.10 Å². The number of nitrogens with two attached hydrogens (primary N) is 2. The maximum absolute atomic E-state index is 9.82. The van der Waals surface area contributed by atoms with Crippen molar-refractivity contribution < 1.29 is 5.11 Å². The molecule has 0 unspecified atom stereocenters. The highest BCUT2D eigenvalue weighted by atomic mass is 16.3. The van der Waals surface area contributed by atoms with Crippen molar-refractivity contribution in [2.75, 3.05) is 5.73 Å². The molecule has 0 radical (unpaired) electrons. The number of nitrogen functional groups attached to an aromatic ring is 1. The topological polar surface area (TPSA) is 72.3 Å². The van der Waals surface area contributed by atoms with Crippen molar-refractivity contribution in [3.05, 3.63) is 29.3 Å². The molecule has 0 amide bonds. The first kappa shape index (κ1) is 11.0. The summed E-state index contributed by atoms with van der Waals surface area (Å²) in [6, 6.07) is 5.33. The zero-order valence-corrected chi connectivity index (χ0v) is 8.70. The molecule has 1 aromatic carbocycles. The lowest BCUT2D eigenvalue weighted by Gasteiger charge is -2.18. The molecule has 5 N–H and O–H groups in total. The van der Waals surface area contributed by atoms with Crippen molar-refractivity contribution in [2.24, 2.45) is 5.73 Å². The van der Waals surface area contributed by atoms with E-state index in [0.717, 1.165) is 17.5 Å². The minimum absolute atomic E-state index is 0.225. The molecule has 0 saturated heterocycles. The molecular formula is C11H18N2O. The lowest BCUT2D eigenvalue weighted by molar-refractivity contribution is 0.144. The second-order valence-corrected chi connectivity index (χ2v) is 3.63. The lowest BCUT2D eigenvalue weighted by Crippen LogP contribution is -2.27. The number of benzene rings is 1. The fourth-order valence-corrected chi connectivity index (χ4v) is 1.31. The molecule has 0 aromatic heterocycles. The Morgan fingerprint density at radius 3 is 2.57 bits per heavy atom. The van der Waals surface area contributed by atoms with E-state index in [1.54, 1.807) is 6.07 Å². The van der Waals surface area contributed by atoms with Crippen molar-refractivity contribution in [3.8, 4) is 0 Å². The number of anilines is 1. The molecule has 0 aliphatic rings. The Labute approximate surface area is 84.7 Å². The van der Waals surface area contributed by atoms with E-state index in [1.807, 2.05) is 26.0 Å². The van der Waals surface area contributed by atoms with Crippen LogP contribution in [-0.4, -0.2) is 11.1 Å². The van der Waals surface area contributed by atoms with Crippen LogP contribution in [-0.2, 0) is 0 Å². The maximum atomic E-state index is 9.82. The fourth-order valence-electron chi connectivity index (χ4n) is 1.31. The second-order valence-electron chi connectivity index (χ2n) is 3.63. The quantitative estimate of drug-likeness (QED) is 0.636. The molecule has 1 aromatic rings. The van der Waals surface area contributed by atoms with Gasteiger partial charge in [-0.15, -0.1) is 0 Å². The Morgan fingerprint density at radius 1 is 1.43 bits per heavy atom. The highest BCUT2D eigenvalue weighted by molar-refractivity contribution is 5.48. The minimum Gasteiger partial charge on any atom is -0.399 e. The van der Waals surface area contributed by atoms with Crippen LogP contribution in [0.4, 0.5) is 5.69 Å². The van der Waals surface area contributed by atoms with Gasteiger partial charge in [0.1, 0.15) is 0 Å². The van der Waals surface area contributed by atoms with Crippen molar-refractivity contribution in [1.29, 1.82) is 0 Å². The van der Waals surface area contributed by atoms with Gasteiger partial charge in [0.15, 0.2) is 0 Å². The van der Waals surface area contributed by atoms with E-state index >= 15 is 0 Å². The van der Waals surface area contributed by atoms with Gasteiger partial charge in [-0.05, 0) is 30.5 Å². The van der Waals surface area contributed by atoms with Crippen LogP contribution in [0.25, 0.3) is 0 Å². The van der Waals surface area contributed by atoms with Gasteiger partial charge < -0.3 is 16.6 Å². The van der Waals surface area contributed by atoms with Crippen LogP contribution in [0.5, 0.6) is 0 Å². The summed E-state index contributed by atoms with van der Waals surface area (Å²) in [5.41, 5.74) is 14.0. The summed E-state index contributed by atoms with van der Waals surface area (Å²) in [4.78, 5) is 0. The number of aliphatic hydroxyl groups is 1. The summed E-state index contributed by atoms with van der Waals surface area (Å²) in [7, 11) is 0. The van der Waals surface area contributed by atoms with E-state index in [9.17, 15) is 5.11 Å². The van der Waals surface area contributed by atoms with Gasteiger partial charge in [-0.3, -0.25) is 0 Å². The summed E-state index contributed by atoms with van der Waals surface area (Å²) in [6.07, 6.45) is 0.123. The molecular weight excluding hydrogens is 176 g/mol. The van der Waals surface area contributed by atoms with Crippen LogP contribution in [0.1, 0.15) is 30.6 Å². The van der Waals surface area contributed by atoms with Crippen LogP contribution in [0, 0.1) is 6.92 Å². The van der Waals surface area contributed by atoms with Crippen molar-refractivity contribution in [2.45, 2.75) is 32.4 Å². The Bertz CT molecular complexity index is 312. The summed E-state index contributed by atoms with van der Waals surface area (Å²) in [6.45, 7) is 3.89. The molecule has 3 heteroatoms. The third-order valence-corrected chi connectivity index (χ3v) is 2.52. The van der Waals surface area contributed by atoms with Gasteiger partial charge in [-0.25, -0.2) is 0 Å². The molecule has 0 fully saturated rings. The molecule has 0 heterocycles. The maximum Gasteiger partial charge on any atom is 0.0941 e. The predicted octanol–water partition coefficient (Wildman–Crippen LogP) is 1.35. The monoisotopic (exact) mass is 194 g/mol. The molecule has 3 nitrogen and oxygen atoms in total. The van der Waals surface area contributed by atoms with Crippen LogP contribution in [0.2, 0.25) is 0 Å². The van der Waals surface area contributed by atoms with Gasteiger partial charge in [0, 0.05) is 11.7 Å². The first-order chi connectivity index (χ1) is 6.56. The molecule has 0 aliphatic carbocycles. The smallest absolute Gasteiger partial charge is 0.0941 e. The first-order valence-corrected chi connectivity index (χ1v) is 4.86. The summed E-state index contributed by atoms with van der Waals surface area (Å²) >= 11 is 0. The van der Waals surface area contributed by atoms with Gasteiger partial charge >= 0.3 is 0 Å². The summed E-state index contributed by atoms with van der Waals surface area (Å²) in [5, 5.41) is 9.82. The Hall–Kier alpha value is -1.06. The molecule has 78 valence electrons. The number of rotatable bonds is 3. The Morgan fingerprint density at radius 2 is 2.07 bits per heavy atom. The third-order valence-electron chi connectivity index (χ3n) is 2.52. The zero-order valence-electron chi connectivity index (χ0n) is 8.70. The van der Waals surface area contributed by atoms with Gasteiger partial charge in [-0.1, -0.05) is 19.1 Å². The van der Waals surface area contributed by atoms with E-state index < -0.39 is 6.10 Å². The number of hydrogen-bond acceptors (Lipinski definition) is 3. The van der Waals surface area contributed by atoms with E-state index in [2.05, 4.69) is 0 Å². The average molecular weight is 194 g/mol. The van der Waals surface area contributed by atoms with Gasteiger partial charge in [0.2, 0.25) is 0 Å². The second kappa shape index (κ2) is 4.44. The summed E-state index contributed by atoms with van der Waals surface area (Å²) in [5.74, 6) is 0.